The lowest BCUT2D eigenvalue weighted by molar-refractivity contribution is 0.112. The standard InChI is InChI=1S/C13H19NO/c1-9-5-4-8-11(12(9)14)13(15)10-6-2-3-7-10/h4-5,8,10,13,15H,2-3,6-7,14H2,1H3. The quantitative estimate of drug-likeness (QED) is 0.729. The maximum Gasteiger partial charge on any atom is 0.0838 e. The minimum absolute atomic E-state index is 0.368. The molecule has 0 aliphatic heterocycles. The molecule has 1 fully saturated rings. The number of rotatable bonds is 2. The molecule has 0 spiro atoms. The lowest BCUT2D eigenvalue weighted by Crippen LogP contribution is -2.11. The van der Waals surface area contributed by atoms with E-state index in [1.54, 1.807) is 0 Å². The molecule has 1 unspecified atom stereocenters. The van der Waals surface area contributed by atoms with Gasteiger partial charge in [-0.1, -0.05) is 31.0 Å². The molecular weight excluding hydrogens is 186 g/mol. The summed E-state index contributed by atoms with van der Waals surface area (Å²) in [6, 6.07) is 5.91. The monoisotopic (exact) mass is 205 g/mol. The second kappa shape index (κ2) is 4.23. The molecule has 1 saturated carbocycles. The lowest BCUT2D eigenvalue weighted by Gasteiger charge is -2.20. The van der Waals surface area contributed by atoms with E-state index < -0.39 is 0 Å². The fourth-order valence-corrected chi connectivity index (χ4v) is 2.49. The molecule has 2 heteroatoms. The normalized spacial score (nSPS) is 19.3. The van der Waals surface area contributed by atoms with Crippen LogP contribution in [0, 0.1) is 12.8 Å². The first-order valence-corrected chi connectivity index (χ1v) is 5.73. The number of anilines is 1. The molecule has 0 saturated heterocycles. The van der Waals surface area contributed by atoms with Crippen molar-refractivity contribution in [1.82, 2.24) is 0 Å². The average Bonchev–Trinajstić information content (AvgIpc) is 2.74. The van der Waals surface area contributed by atoms with Crippen LogP contribution < -0.4 is 5.73 Å². The number of aliphatic hydroxyl groups is 1. The Balaban J connectivity index is 2.24. The number of aryl methyl sites for hydroxylation is 1. The topological polar surface area (TPSA) is 46.2 Å². The number of hydrogen-bond acceptors (Lipinski definition) is 2. The highest BCUT2D eigenvalue weighted by atomic mass is 16.3. The zero-order valence-electron chi connectivity index (χ0n) is 9.24. The van der Waals surface area contributed by atoms with Crippen LogP contribution in [0.5, 0.6) is 0 Å². The van der Waals surface area contributed by atoms with Gasteiger partial charge in [0, 0.05) is 11.3 Å². The van der Waals surface area contributed by atoms with E-state index >= 15 is 0 Å². The molecule has 1 aromatic rings. The zero-order chi connectivity index (χ0) is 10.8. The molecule has 0 bridgehead atoms. The molecule has 3 N–H and O–H groups in total. The van der Waals surface area contributed by atoms with Gasteiger partial charge >= 0.3 is 0 Å². The molecule has 1 aromatic carbocycles. The van der Waals surface area contributed by atoms with Gasteiger partial charge in [-0.3, -0.25) is 0 Å². The number of nitrogen functional groups attached to an aromatic ring is 1. The number of para-hydroxylation sites is 1. The highest BCUT2D eigenvalue weighted by molar-refractivity contribution is 5.54. The van der Waals surface area contributed by atoms with Gasteiger partial charge in [0.1, 0.15) is 0 Å². The van der Waals surface area contributed by atoms with Gasteiger partial charge in [-0.15, -0.1) is 0 Å². The number of hydrogen-bond donors (Lipinski definition) is 2. The Morgan fingerprint density at radius 3 is 2.67 bits per heavy atom. The Hall–Kier alpha value is -1.02. The molecule has 15 heavy (non-hydrogen) atoms. The smallest absolute Gasteiger partial charge is 0.0838 e. The zero-order valence-corrected chi connectivity index (χ0v) is 9.24. The van der Waals surface area contributed by atoms with Crippen molar-refractivity contribution < 1.29 is 5.11 Å². The van der Waals surface area contributed by atoms with E-state index in [2.05, 4.69) is 0 Å². The van der Waals surface area contributed by atoms with Crippen molar-refractivity contribution in [2.75, 3.05) is 5.73 Å². The van der Waals surface area contributed by atoms with Crippen LogP contribution in [-0.4, -0.2) is 5.11 Å². The minimum Gasteiger partial charge on any atom is -0.398 e. The third-order valence-electron chi connectivity index (χ3n) is 3.52. The average molecular weight is 205 g/mol. The molecule has 1 atom stereocenters. The summed E-state index contributed by atoms with van der Waals surface area (Å²) in [4.78, 5) is 0. The number of benzene rings is 1. The van der Waals surface area contributed by atoms with E-state index in [0.29, 0.717) is 5.92 Å². The predicted molar refractivity (Wildman–Crippen MR) is 62.5 cm³/mol. The van der Waals surface area contributed by atoms with Crippen LogP contribution in [0.4, 0.5) is 5.69 Å². The van der Waals surface area contributed by atoms with Crippen LogP contribution in [-0.2, 0) is 0 Å². The second-order valence-corrected chi connectivity index (χ2v) is 4.57. The summed E-state index contributed by atoms with van der Waals surface area (Å²) >= 11 is 0. The molecular formula is C13H19NO. The van der Waals surface area contributed by atoms with E-state index in [1.807, 2.05) is 25.1 Å². The summed E-state index contributed by atoms with van der Waals surface area (Å²) in [5.74, 6) is 0.411. The van der Waals surface area contributed by atoms with E-state index in [9.17, 15) is 5.11 Å². The van der Waals surface area contributed by atoms with Crippen molar-refractivity contribution in [1.29, 1.82) is 0 Å². The Labute approximate surface area is 91.1 Å². The summed E-state index contributed by atoms with van der Waals surface area (Å²) < 4.78 is 0. The Morgan fingerprint density at radius 2 is 2.00 bits per heavy atom. The van der Waals surface area contributed by atoms with Gasteiger partial charge in [0.2, 0.25) is 0 Å². The predicted octanol–water partition coefficient (Wildman–Crippen LogP) is 2.80. The van der Waals surface area contributed by atoms with E-state index in [-0.39, 0.29) is 6.10 Å². The summed E-state index contributed by atoms with van der Waals surface area (Å²) in [7, 11) is 0. The van der Waals surface area contributed by atoms with Crippen molar-refractivity contribution >= 4 is 5.69 Å². The van der Waals surface area contributed by atoms with Gasteiger partial charge < -0.3 is 10.8 Å². The van der Waals surface area contributed by atoms with Gasteiger partial charge in [0.15, 0.2) is 0 Å². The number of aliphatic hydroxyl groups excluding tert-OH is 1. The third-order valence-corrected chi connectivity index (χ3v) is 3.52. The van der Waals surface area contributed by atoms with Gasteiger partial charge in [-0.2, -0.15) is 0 Å². The molecule has 1 aliphatic rings. The summed E-state index contributed by atoms with van der Waals surface area (Å²) in [5, 5.41) is 10.2. The molecule has 0 aromatic heterocycles. The third kappa shape index (κ3) is 2.00. The van der Waals surface area contributed by atoms with Crippen molar-refractivity contribution in [2.45, 2.75) is 38.7 Å². The van der Waals surface area contributed by atoms with Crippen molar-refractivity contribution in [2.24, 2.45) is 5.92 Å². The first kappa shape index (κ1) is 10.5. The molecule has 0 radical (unpaired) electrons. The van der Waals surface area contributed by atoms with Crippen molar-refractivity contribution in [3.63, 3.8) is 0 Å². The van der Waals surface area contributed by atoms with E-state index in [0.717, 1.165) is 29.7 Å². The van der Waals surface area contributed by atoms with Crippen molar-refractivity contribution in [3.05, 3.63) is 29.3 Å². The molecule has 1 aliphatic carbocycles. The summed E-state index contributed by atoms with van der Waals surface area (Å²) in [6.07, 6.45) is 4.39. The summed E-state index contributed by atoms with van der Waals surface area (Å²) in [6.45, 7) is 1.99. The van der Waals surface area contributed by atoms with Gasteiger partial charge in [0.05, 0.1) is 6.10 Å². The van der Waals surface area contributed by atoms with Crippen LogP contribution in [0.1, 0.15) is 42.9 Å². The van der Waals surface area contributed by atoms with Crippen LogP contribution in [0.3, 0.4) is 0 Å². The van der Waals surface area contributed by atoms with Crippen LogP contribution in [0.2, 0.25) is 0 Å². The summed E-state index contributed by atoms with van der Waals surface area (Å²) in [5.41, 5.74) is 8.73. The Kier molecular flexibility index (Phi) is 2.96. The molecule has 0 amide bonds. The van der Waals surface area contributed by atoms with Gasteiger partial charge in [0.25, 0.3) is 0 Å². The second-order valence-electron chi connectivity index (χ2n) is 4.57. The Bertz CT molecular complexity index is 342. The SMILES string of the molecule is Cc1cccc(C(O)C2CCCC2)c1N. The fraction of sp³-hybridized carbons (Fsp3) is 0.538. The lowest BCUT2D eigenvalue weighted by atomic mass is 9.92. The molecule has 0 heterocycles. The van der Waals surface area contributed by atoms with Crippen LogP contribution >= 0.6 is 0 Å². The van der Waals surface area contributed by atoms with E-state index in [4.69, 9.17) is 5.73 Å². The molecule has 2 rings (SSSR count). The van der Waals surface area contributed by atoms with Gasteiger partial charge in [-0.25, -0.2) is 0 Å². The molecule has 2 nitrogen and oxygen atoms in total. The Morgan fingerprint density at radius 1 is 1.33 bits per heavy atom. The van der Waals surface area contributed by atoms with Crippen molar-refractivity contribution in [3.8, 4) is 0 Å². The highest BCUT2D eigenvalue weighted by Crippen LogP contribution is 2.37. The largest absolute Gasteiger partial charge is 0.398 e. The van der Waals surface area contributed by atoms with Gasteiger partial charge in [-0.05, 0) is 31.2 Å². The first-order chi connectivity index (χ1) is 7.20. The maximum atomic E-state index is 10.2. The first-order valence-electron chi connectivity index (χ1n) is 5.73. The fourth-order valence-electron chi connectivity index (χ4n) is 2.49. The van der Waals surface area contributed by atoms with Crippen LogP contribution in [0.25, 0.3) is 0 Å². The molecule has 82 valence electrons. The number of nitrogens with two attached hydrogens (primary N) is 1. The van der Waals surface area contributed by atoms with E-state index in [1.165, 1.54) is 12.8 Å². The minimum atomic E-state index is -0.368. The van der Waals surface area contributed by atoms with Crippen LogP contribution in [0.15, 0.2) is 18.2 Å². The highest BCUT2D eigenvalue weighted by Gasteiger charge is 2.25. The maximum absolute atomic E-state index is 10.2.